The maximum atomic E-state index is 12.1. The number of halogens is 1. The van der Waals surface area contributed by atoms with Crippen molar-refractivity contribution in [3.8, 4) is 11.8 Å². The van der Waals surface area contributed by atoms with Gasteiger partial charge in [-0.15, -0.1) is 0 Å². The Morgan fingerprint density at radius 1 is 1.55 bits per heavy atom. The molecule has 1 aromatic heterocycles. The van der Waals surface area contributed by atoms with Gasteiger partial charge in [0.05, 0.1) is 17.4 Å². The van der Waals surface area contributed by atoms with Crippen molar-refractivity contribution in [3.05, 3.63) is 46.7 Å². The first-order chi connectivity index (χ1) is 9.60. The number of anilines is 1. The Morgan fingerprint density at radius 2 is 2.35 bits per heavy atom. The number of nitrogens with zero attached hydrogens (tertiary/aromatic N) is 2. The van der Waals surface area contributed by atoms with Crippen LogP contribution in [0.1, 0.15) is 15.9 Å². The van der Waals surface area contributed by atoms with E-state index >= 15 is 0 Å². The minimum Gasteiger partial charge on any atom is -0.384 e. The lowest BCUT2D eigenvalue weighted by Gasteiger charge is -2.07. The molecule has 0 aliphatic carbocycles. The molecule has 5 nitrogen and oxygen atoms in total. The molecule has 2 aromatic rings. The minimum atomic E-state index is -0.299. The number of amides is 1. The second-order valence-corrected chi connectivity index (χ2v) is 4.44. The summed E-state index contributed by atoms with van der Waals surface area (Å²) >= 11 is 5.92. The van der Waals surface area contributed by atoms with Gasteiger partial charge in [0, 0.05) is 23.8 Å². The summed E-state index contributed by atoms with van der Waals surface area (Å²) in [6.07, 6.45) is 3.08. The summed E-state index contributed by atoms with van der Waals surface area (Å²) in [5.41, 5.74) is 1.52. The molecule has 102 valence electrons. The zero-order valence-electron chi connectivity index (χ0n) is 10.7. The Kier molecular flexibility index (Phi) is 4.41. The van der Waals surface area contributed by atoms with Crippen molar-refractivity contribution < 1.29 is 9.90 Å². The molecule has 2 N–H and O–H groups in total. The van der Waals surface area contributed by atoms with Crippen LogP contribution in [0.2, 0.25) is 5.02 Å². The van der Waals surface area contributed by atoms with Crippen LogP contribution in [-0.2, 0) is 7.05 Å². The minimum absolute atomic E-state index is 0.251. The number of carbonyl (C=O) groups excluding carboxylic acids is 1. The van der Waals surface area contributed by atoms with E-state index in [1.807, 2.05) is 0 Å². The van der Waals surface area contributed by atoms with Crippen molar-refractivity contribution in [2.24, 2.45) is 7.05 Å². The predicted molar refractivity (Wildman–Crippen MR) is 76.6 cm³/mol. The summed E-state index contributed by atoms with van der Waals surface area (Å²) in [4.78, 5) is 12.1. The first kappa shape index (κ1) is 14.1. The molecule has 0 fully saturated rings. The zero-order valence-corrected chi connectivity index (χ0v) is 11.5. The Balaban J connectivity index is 2.28. The van der Waals surface area contributed by atoms with Gasteiger partial charge in [-0.3, -0.25) is 9.48 Å². The van der Waals surface area contributed by atoms with Crippen LogP contribution in [0.4, 0.5) is 5.69 Å². The molecule has 2 rings (SSSR count). The van der Waals surface area contributed by atoms with E-state index < -0.39 is 0 Å². The highest BCUT2D eigenvalue weighted by Gasteiger charge is 2.10. The smallest absolute Gasteiger partial charge is 0.258 e. The van der Waals surface area contributed by atoms with Crippen LogP contribution in [0.25, 0.3) is 0 Å². The first-order valence-corrected chi connectivity index (χ1v) is 6.17. The van der Waals surface area contributed by atoms with Gasteiger partial charge >= 0.3 is 0 Å². The van der Waals surface area contributed by atoms with Crippen LogP contribution in [0.15, 0.2) is 30.6 Å². The summed E-state index contributed by atoms with van der Waals surface area (Å²) in [7, 11) is 1.73. The molecule has 0 saturated carbocycles. The van der Waals surface area contributed by atoms with Gasteiger partial charge in [-0.1, -0.05) is 23.4 Å². The third-order valence-electron chi connectivity index (χ3n) is 2.50. The Bertz CT molecular complexity index is 698. The lowest BCUT2D eigenvalue weighted by atomic mass is 10.1. The van der Waals surface area contributed by atoms with Crippen LogP contribution in [0, 0.1) is 11.8 Å². The van der Waals surface area contributed by atoms with Crippen molar-refractivity contribution >= 4 is 23.2 Å². The summed E-state index contributed by atoms with van der Waals surface area (Å²) in [6, 6.07) is 4.96. The molecule has 1 heterocycles. The van der Waals surface area contributed by atoms with Crippen LogP contribution < -0.4 is 5.32 Å². The Morgan fingerprint density at radius 3 is 3.00 bits per heavy atom. The molecule has 0 radical (unpaired) electrons. The van der Waals surface area contributed by atoms with E-state index in [0.717, 1.165) is 0 Å². The molecule has 1 aromatic carbocycles. The van der Waals surface area contributed by atoms with Crippen molar-refractivity contribution in [2.45, 2.75) is 0 Å². The van der Waals surface area contributed by atoms with Crippen molar-refractivity contribution in [2.75, 3.05) is 11.9 Å². The lowest BCUT2D eigenvalue weighted by Crippen LogP contribution is -2.12. The number of nitrogens with one attached hydrogen (secondary N) is 1. The van der Waals surface area contributed by atoms with Crippen molar-refractivity contribution in [1.29, 1.82) is 0 Å². The van der Waals surface area contributed by atoms with Crippen LogP contribution in [0.3, 0.4) is 0 Å². The highest BCUT2D eigenvalue weighted by atomic mass is 35.5. The number of rotatable bonds is 2. The topological polar surface area (TPSA) is 67.2 Å². The molecule has 0 aliphatic rings. The number of aryl methyl sites for hydroxylation is 1. The van der Waals surface area contributed by atoms with Crippen LogP contribution in [0.5, 0.6) is 0 Å². The highest BCUT2D eigenvalue weighted by molar-refractivity contribution is 6.31. The fraction of sp³-hybridized carbons (Fsp3) is 0.143. The van der Waals surface area contributed by atoms with Crippen LogP contribution >= 0.6 is 11.6 Å². The normalized spacial score (nSPS) is 9.75. The Labute approximate surface area is 121 Å². The van der Waals surface area contributed by atoms with Gasteiger partial charge in [-0.2, -0.15) is 5.10 Å². The third kappa shape index (κ3) is 3.38. The number of aliphatic hydroxyl groups excluding tert-OH is 1. The number of hydrogen-bond donors (Lipinski definition) is 2. The molecule has 0 spiro atoms. The van der Waals surface area contributed by atoms with Gasteiger partial charge in [0.1, 0.15) is 6.61 Å². The second kappa shape index (κ2) is 6.24. The molecule has 0 bridgehead atoms. The molecule has 0 unspecified atom stereocenters. The van der Waals surface area contributed by atoms with Gasteiger partial charge in [0.25, 0.3) is 5.91 Å². The van der Waals surface area contributed by atoms with E-state index in [2.05, 4.69) is 22.3 Å². The fourth-order valence-electron chi connectivity index (χ4n) is 1.60. The summed E-state index contributed by atoms with van der Waals surface area (Å²) < 4.78 is 1.54. The monoisotopic (exact) mass is 289 g/mol. The quantitative estimate of drug-likeness (QED) is 0.827. The van der Waals surface area contributed by atoms with E-state index in [9.17, 15) is 4.79 Å². The predicted octanol–water partition coefficient (Wildman–Crippen LogP) is 1.67. The average Bonchev–Trinajstić information content (AvgIpc) is 2.85. The van der Waals surface area contributed by atoms with Crippen LogP contribution in [-0.4, -0.2) is 27.4 Å². The second-order valence-electron chi connectivity index (χ2n) is 4.01. The highest BCUT2D eigenvalue weighted by Crippen LogP contribution is 2.21. The number of carbonyl (C=O) groups is 1. The zero-order chi connectivity index (χ0) is 14.5. The average molecular weight is 290 g/mol. The number of aromatic nitrogens is 2. The van der Waals surface area contributed by atoms with E-state index in [-0.39, 0.29) is 12.5 Å². The molecule has 1 amide bonds. The van der Waals surface area contributed by atoms with Crippen molar-refractivity contribution in [3.63, 3.8) is 0 Å². The summed E-state index contributed by atoms with van der Waals surface area (Å²) in [5.74, 6) is 5.00. The Hall–Kier alpha value is -2.29. The van der Waals surface area contributed by atoms with Gasteiger partial charge in [-0.05, 0) is 18.2 Å². The largest absolute Gasteiger partial charge is 0.384 e. The molecule has 0 atom stereocenters. The van der Waals surface area contributed by atoms with E-state index in [4.69, 9.17) is 16.7 Å². The standard InChI is InChI=1S/C14H12ClN3O2/c1-18-9-11(8-16-18)14(20)17-13-7-12(15)5-4-10(13)3-2-6-19/h4-5,7-9,19H,6H2,1H3,(H,17,20). The molecule has 0 saturated heterocycles. The maximum absolute atomic E-state index is 12.1. The van der Waals surface area contributed by atoms with Gasteiger partial charge in [0.2, 0.25) is 0 Å². The number of aliphatic hydroxyl groups is 1. The summed E-state index contributed by atoms with van der Waals surface area (Å²) in [6.45, 7) is -0.251. The van der Waals surface area contributed by atoms with E-state index in [1.54, 1.807) is 36.1 Å². The van der Waals surface area contributed by atoms with Crippen molar-refractivity contribution in [1.82, 2.24) is 9.78 Å². The molecule has 0 aliphatic heterocycles. The fourth-order valence-corrected chi connectivity index (χ4v) is 1.77. The maximum Gasteiger partial charge on any atom is 0.258 e. The number of benzene rings is 1. The lowest BCUT2D eigenvalue weighted by molar-refractivity contribution is 0.102. The number of hydrogen-bond acceptors (Lipinski definition) is 3. The van der Waals surface area contributed by atoms with E-state index in [1.165, 1.54) is 6.20 Å². The third-order valence-corrected chi connectivity index (χ3v) is 2.73. The summed E-state index contributed by atoms with van der Waals surface area (Å²) in [5, 5.41) is 15.9. The van der Waals surface area contributed by atoms with Gasteiger partial charge < -0.3 is 10.4 Å². The molecular formula is C14H12ClN3O2. The molecule has 20 heavy (non-hydrogen) atoms. The SMILES string of the molecule is Cn1cc(C(=O)Nc2cc(Cl)ccc2C#CCO)cn1. The van der Waals surface area contributed by atoms with E-state index in [0.29, 0.717) is 21.8 Å². The molecule has 6 heteroatoms. The van der Waals surface area contributed by atoms with Gasteiger partial charge in [0.15, 0.2) is 0 Å². The van der Waals surface area contributed by atoms with Gasteiger partial charge in [-0.25, -0.2) is 0 Å². The molecular weight excluding hydrogens is 278 g/mol. The first-order valence-electron chi connectivity index (χ1n) is 5.79.